The second-order valence-electron chi connectivity index (χ2n) is 6.63. The maximum Gasteiger partial charge on any atom is 0.325 e. The van der Waals surface area contributed by atoms with E-state index in [9.17, 15) is 24.0 Å². The number of aryl methyl sites for hydroxylation is 1. The first-order valence-electron chi connectivity index (χ1n) is 8.98. The van der Waals surface area contributed by atoms with E-state index < -0.39 is 29.2 Å². The van der Waals surface area contributed by atoms with Crippen molar-refractivity contribution < 1.29 is 19.1 Å². The van der Waals surface area contributed by atoms with Crippen LogP contribution in [0, 0.1) is 6.92 Å². The molecule has 0 radical (unpaired) electrons. The Morgan fingerprint density at radius 1 is 1.17 bits per heavy atom. The summed E-state index contributed by atoms with van der Waals surface area (Å²) in [6, 6.07) is 6.83. The lowest BCUT2D eigenvalue weighted by molar-refractivity contribution is -0.153. The van der Waals surface area contributed by atoms with Crippen LogP contribution in [0.3, 0.4) is 0 Å². The summed E-state index contributed by atoms with van der Waals surface area (Å²) in [5.74, 6) is -1.55. The molecule has 3 N–H and O–H groups in total. The molecule has 1 unspecified atom stereocenters. The lowest BCUT2D eigenvalue weighted by Gasteiger charge is -2.30. The van der Waals surface area contributed by atoms with E-state index in [0.717, 1.165) is 0 Å². The molecule has 1 atom stereocenters. The average molecular weight is 400 g/mol. The fourth-order valence-electron chi connectivity index (χ4n) is 3.11. The number of aromatic nitrogens is 2. The summed E-state index contributed by atoms with van der Waals surface area (Å²) in [7, 11) is 0. The zero-order valence-electron chi connectivity index (χ0n) is 15.9. The molecule has 10 nitrogen and oxygen atoms in total. The van der Waals surface area contributed by atoms with E-state index in [0.29, 0.717) is 17.1 Å². The molecule has 2 aromatic rings. The first-order valence-corrected chi connectivity index (χ1v) is 8.98. The summed E-state index contributed by atoms with van der Waals surface area (Å²) in [4.78, 5) is 65.6. The van der Waals surface area contributed by atoms with Crippen LogP contribution < -0.4 is 21.5 Å². The molecule has 29 heavy (non-hydrogen) atoms. The number of para-hydroxylation sites is 2. The van der Waals surface area contributed by atoms with Crippen molar-refractivity contribution in [3.8, 4) is 0 Å². The number of carbonyl (C=O) groups excluding carboxylic acids is 3. The summed E-state index contributed by atoms with van der Waals surface area (Å²) in [5.41, 5.74) is 0.468. The largest absolute Gasteiger partial charge is 0.453 e. The second-order valence-corrected chi connectivity index (χ2v) is 6.63. The topological polar surface area (TPSA) is 141 Å². The fourth-order valence-corrected chi connectivity index (χ4v) is 3.11. The number of ether oxygens (including phenoxy) is 1. The van der Waals surface area contributed by atoms with E-state index in [1.807, 2.05) is 0 Å². The molecule has 3 rings (SSSR count). The molecule has 2 amide bonds. The molecule has 0 saturated carbocycles. The van der Waals surface area contributed by atoms with Gasteiger partial charge in [-0.3, -0.25) is 29.1 Å². The minimum absolute atomic E-state index is 0.0483. The van der Waals surface area contributed by atoms with Gasteiger partial charge in [-0.25, -0.2) is 4.79 Å². The van der Waals surface area contributed by atoms with Gasteiger partial charge in [0, 0.05) is 17.7 Å². The second kappa shape index (κ2) is 8.13. The van der Waals surface area contributed by atoms with Crippen molar-refractivity contribution in [2.24, 2.45) is 0 Å². The molecule has 1 aliphatic heterocycles. The van der Waals surface area contributed by atoms with Crippen molar-refractivity contribution in [3.05, 3.63) is 56.4 Å². The summed E-state index contributed by atoms with van der Waals surface area (Å²) in [6.07, 6.45) is -1.21. The zero-order chi connectivity index (χ0) is 21.1. The minimum Gasteiger partial charge on any atom is -0.453 e. The minimum atomic E-state index is -1.11. The Balaban J connectivity index is 1.64. The van der Waals surface area contributed by atoms with Crippen LogP contribution in [-0.4, -0.2) is 40.4 Å². The van der Waals surface area contributed by atoms with Crippen LogP contribution in [0.25, 0.3) is 0 Å². The maximum atomic E-state index is 12.7. The number of H-pyrrole nitrogens is 2. The summed E-state index contributed by atoms with van der Waals surface area (Å²) >= 11 is 0. The molecule has 0 fully saturated rings. The van der Waals surface area contributed by atoms with E-state index in [4.69, 9.17) is 4.74 Å². The number of amides is 2. The SMILES string of the molecule is Cc1[nH]c(=O)[nH]c(=O)c1CCC(=O)OC(C)C(=O)N1CC(=O)Nc2ccccc21. The number of nitrogens with zero attached hydrogens (tertiary/aromatic N) is 1. The Morgan fingerprint density at radius 2 is 1.90 bits per heavy atom. The van der Waals surface area contributed by atoms with Crippen LogP contribution in [0.4, 0.5) is 11.4 Å². The zero-order valence-corrected chi connectivity index (χ0v) is 15.9. The number of hydrogen-bond acceptors (Lipinski definition) is 6. The number of esters is 1. The van der Waals surface area contributed by atoms with Gasteiger partial charge in [0.15, 0.2) is 6.10 Å². The third-order valence-electron chi connectivity index (χ3n) is 4.53. The Bertz CT molecular complexity index is 1090. The number of fused-ring (bicyclic) bond motifs is 1. The van der Waals surface area contributed by atoms with E-state index in [-0.39, 0.29) is 30.9 Å². The molecule has 2 heterocycles. The number of hydrogen-bond donors (Lipinski definition) is 3. The summed E-state index contributed by atoms with van der Waals surface area (Å²) in [6.45, 7) is 2.80. The van der Waals surface area contributed by atoms with Crippen molar-refractivity contribution in [1.82, 2.24) is 9.97 Å². The average Bonchev–Trinajstić information content (AvgIpc) is 2.65. The van der Waals surface area contributed by atoms with Crippen molar-refractivity contribution in [1.29, 1.82) is 0 Å². The van der Waals surface area contributed by atoms with E-state index >= 15 is 0 Å². The smallest absolute Gasteiger partial charge is 0.325 e. The Kier molecular flexibility index (Phi) is 5.62. The Labute approximate surface area is 164 Å². The fraction of sp³-hybridized carbons (Fsp3) is 0.316. The normalized spacial score (nSPS) is 14.0. The first kappa shape index (κ1) is 20.1. The quantitative estimate of drug-likeness (QED) is 0.613. The van der Waals surface area contributed by atoms with E-state index in [1.54, 1.807) is 31.2 Å². The highest BCUT2D eigenvalue weighted by Gasteiger charge is 2.31. The lowest BCUT2D eigenvalue weighted by Crippen LogP contribution is -2.47. The standard InChI is InChI=1S/C19H20N4O6/c1-10-12(17(26)22-19(28)20-10)7-8-16(25)29-11(2)18(27)23-9-15(24)21-13-5-3-4-6-14(13)23/h3-6,11H,7-9H2,1-2H3,(H,21,24)(H2,20,22,26,28). The van der Waals surface area contributed by atoms with Gasteiger partial charge >= 0.3 is 11.7 Å². The van der Waals surface area contributed by atoms with Gasteiger partial charge in [-0.1, -0.05) is 12.1 Å². The van der Waals surface area contributed by atoms with Gasteiger partial charge in [0.05, 0.1) is 11.4 Å². The number of rotatable bonds is 5. The van der Waals surface area contributed by atoms with Gasteiger partial charge in [0.2, 0.25) is 5.91 Å². The highest BCUT2D eigenvalue weighted by Crippen LogP contribution is 2.29. The van der Waals surface area contributed by atoms with Crippen molar-refractivity contribution in [2.75, 3.05) is 16.8 Å². The Morgan fingerprint density at radius 3 is 2.62 bits per heavy atom. The molecular weight excluding hydrogens is 380 g/mol. The molecule has 1 aliphatic rings. The predicted molar refractivity (Wildman–Crippen MR) is 104 cm³/mol. The molecule has 0 aliphatic carbocycles. The van der Waals surface area contributed by atoms with Crippen LogP contribution >= 0.6 is 0 Å². The van der Waals surface area contributed by atoms with Gasteiger partial charge < -0.3 is 15.0 Å². The van der Waals surface area contributed by atoms with Gasteiger partial charge in [0.1, 0.15) is 6.54 Å². The molecule has 10 heteroatoms. The van der Waals surface area contributed by atoms with Crippen LogP contribution in [-0.2, 0) is 25.5 Å². The van der Waals surface area contributed by atoms with E-state index in [1.165, 1.54) is 11.8 Å². The van der Waals surface area contributed by atoms with Gasteiger partial charge in [-0.15, -0.1) is 0 Å². The number of benzene rings is 1. The van der Waals surface area contributed by atoms with Crippen molar-refractivity contribution >= 4 is 29.2 Å². The van der Waals surface area contributed by atoms with Crippen molar-refractivity contribution in [3.63, 3.8) is 0 Å². The van der Waals surface area contributed by atoms with Crippen LogP contribution in [0.15, 0.2) is 33.9 Å². The van der Waals surface area contributed by atoms with Crippen LogP contribution in [0.5, 0.6) is 0 Å². The third kappa shape index (κ3) is 4.42. The number of aromatic amines is 2. The van der Waals surface area contributed by atoms with Gasteiger partial charge in [-0.05, 0) is 32.4 Å². The lowest BCUT2D eigenvalue weighted by atomic mass is 10.1. The highest BCUT2D eigenvalue weighted by atomic mass is 16.5. The maximum absolute atomic E-state index is 12.7. The molecule has 0 spiro atoms. The predicted octanol–water partition coefficient (Wildman–Crippen LogP) is 0.221. The first-order chi connectivity index (χ1) is 13.8. The highest BCUT2D eigenvalue weighted by molar-refractivity contribution is 6.11. The summed E-state index contributed by atoms with van der Waals surface area (Å²) < 4.78 is 5.19. The van der Waals surface area contributed by atoms with E-state index in [2.05, 4.69) is 15.3 Å². The Hall–Kier alpha value is -3.69. The number of anilines is 2. The third-order valence-corrected chi connectivity index (χ3v) is 4.53. The van der Waals surface area contributed by atoms with Gasteiger partial charge in [0.25, 0.3) is 11.5 Å². The molecule has 0 saturated heterocycles. The molecule has 152 valence electrons. The van der Waals surface area contributed by atoms with Crippen LogP contribution in [0.1, 0.15) is 24.6 Å². The monoisotopic (exact) mass is 400 g/mol. The van der Waals surface area contributed by atoms with Gasteiger partial charge in [-0.2, -0.15) is 0 Å². The number of nitrogens with one attached hydrogen (secondary N) is 3. The molecule has 0 bridgehead atoms. The van der Waals surface area contributed by atoms with Crippen LogP contribution in [0.2, 0.25) is 0 Å². The number of carbonyl (C=O) groups is 3. The molecule has 1 aromatic heterocycles. The molecular formula is C19H20N4O6. The summed E-state index contributed by atoms with van der Waals surface area (Å²) in [5, 5.41) is 2.68. The molecule has 1 aromatic carbocycles. The van der Waals surface area contributed by atoms with Crippen molar-refractivity contribution in [2.45, 2.75) is 32.8 Å².